The number of esters is 1. The normalized spacial score (nSPS) is 11.9. The van der Waals surface area contributed by atoms with Crippen LogP contribution in [-0.4, -0.2) is 32.8 Å². The Labute approximate surface area is 241 Å². The molecule has 8 nitrogen and oxygen atoms in total. The summed E-state index contributed by atoms with van der Waals surface area (Å²) in [5, 5.41) is 9.89. The Balaban J connectivity index is 1.62. The molecule has 4 aromatic rings. The fourth-order valence-corrected chi connectivity index (χ4v) is 4.66. The van der Waals surface area contributed by atoms with Crippen LogP contribution in [0.5, 0.6) is 5.75 Å². The number of aryl methyl sites for hydroxylation is 1. The number of nitrogens with zero attached hydrogens (tertiary/aromatic N) is 3. The summed E-state index contributed by atoms with van der Waals surface area (Å²) < 4.78 is 13.3. The van der Waals surface area contributed by atoms with E-state index in [2.05, 4.69) is 59.6 Å². The Kier molecular flexibility index (Phi) is 9.90. The number of unbranched alkanes of at least 4 members (excludes halogenated alkanes) is 2. The summed E-state index contributed by atoms with van der Waals surface area (Å²) >= 11 is 0. The van der Waals surface area contributed by atoms with E-state index in [1.54, 1.807) is 19.1 Å². The van der Waals surface area contributed by atoms with Crippen molar-refractivity contribution in [2.75, 3.05) is 6.61 Å². The first-order valence-corrected chi connectivity index (χ1v) is 14.2. The van der Waals surface area contributed by atoms with Gasteiger partial charge >= 0.3 is 5.97 Å². The van der Waals surface area contributed by atoms with Gasteiger partial charge in [0.1, 0.15) is 35.7 Å². The van der Waals surface area contributed by atoms with Crippen molar-refractivity contribution in [2.45, 2.75) is 66.0 Å². The monoisotopic (exact) mass is 553 g/mol. The number of ether oxygens (including phenoxy) is 2. The molecule has 0 bridgehead atoms. The maximum atomic E-state index is 12.7. The van der Waals surface area contributed by atoms with Gasteiger partial charge in [-0.15, -0.1) is 0 Å². The molecule has 0 saturated heterocycles. The lowest BCUT2D eigenvalue weighted by atomic mass is 9.95. The number of carbonyl (C=O) groups is 1. The second-order valence-corrected chi connectivity index (χ2v) is 10.3. The number of rotatable bonds is 13. The molecule has 0 radical (unpaired) electrons. The van der Waals surface area contributed by atoms with E-state index in [1.165, 1.54) is 11.9 Å². The summed E-state index contributed by atoms with van der Waals surface area (Å²) in [5.41, 5.74) is 10.5. The Morgan fingerprint density at radius 2 is 1.73 bits per heavy atom. The lowest BCUT2D eigenvalue weighted by molar-refractivity contribution is -0.138. The SMILES string of the molecule is CCCCCn1ccc2c(C(=N)/C(=C(\N)C(=O)OCC)c3ccc(OCc4ccc(C(C)C)cc4)cc3)ncnc21. The second kappa shape index (κ2) is 13.7. The van der Waals surface area contributed by atoms with Crippen LogP contribution in [0, 0.1) is 5.41 Å². The minimum Gasteiger partial charge on any atom is -0.489 e. The number of allylic oxidation sites excluding steroid dienone is 1. The quantitative estimate of drug-likeness (QED) is 0.0831. The first-order chi connectivity index (χ1) is 19.8. The van der Waals surface area contributed by atoms with Crippen LogP contribution in [-0.2, 0) is 22.7 Å². The smallest absolute Gasteiger partial charge is 0.354 e. The molecule has 0 aliphatic heterocycles. The van der Waals surface area contributed by atoms with Crippen LogP contribution in [0.25, 0.3) is 16.6 Å². The largest absolute Gasteiger partial charge is 0.489 e. The van der Waals surface area contributed by atoms with E-state index in [9.17, 15) is 4.79 Å². The Morgan fingerprint density at radius 3 is 2.39 bits per heavy atom. The van der Waals surface area contributed by atoms with Crippen LogP contribution in [0.1, 0.15) is 75.3 Å². The zero-order valence-electron chi connectivity index (χ0n) is 24.3. The molecule has 8 heteroatoms. The van der Waals surface area contributed by atoms with Gasteiger partial charge in [-0.05, 0) is 54.2 Å². The number of hydrogen-bond donors (Lipinski definition) is 2. The first kappa shape index (κ1) is 29.5. The third-order valence-electron chi connectivity index (χ3n) is 7.01. The van der Waals surface area contributed by atoms with E-state index in [-0.39, 0.29) is 23.6 Å². The molecule has 2 heterocycles. The summed E-state index contributed by atoms with van der Waals surface area (Å²) in [4.78, 5) is 21.6. The van der Waals surface area contributed by atoms with Crippen LogP contribution in [0.4, 0.5) is 0 Å². The molecule has 0 fully saturated rings. The predicted octanol–water partition coefficient (Wildman–Crippen LogP) is 6.62. The molecule has 0 amide bonds. The average Bonchev–Trinajstić information content (AvgIpc) is 3.40. The van der Waals surface area contributed by atoms with Crippen LogP contribution in [0.3, 0.4) is 0 Å². The standard InChI is InChI=1S/C33H39N5O3/c1-5-7-8-18-38-19-17-27-31(36-21-37-32(27)38)29(34)28(30(35)33(39)40-6-2)25-13-15-26(16-14-25)41-20-23-9-11-24(12-10-23)22(3)4/h9-17,19,21-22,34H,5-8,18,20,35H2,1-4H3/b30-28-,34-29?. The molecule has 0 unspecified atom stereocenters. The summed E-state index contributed by atoms with van der Waals surface area (Å²) in [7, 11) is 0. The Morgan fingerprint density at radius 1 is 1.00 bits per heavy atom. The molecule has 214 valence electrons. The van der Waals surface area contributed by atoms with Gasteiger partial charge in [0, 0.05) is 23.7 Å². The minimum absolute atomic E-state index is 0.0215. The number of fused-ring (bicyclic) bond motifs is 1. The van der Waals surface area contributed by atoms with Gasteiger partial charge in [-0.3, -0.25) is 5.41 Å². The Hall–Kier alpha value is -4.46. The van der Waals surface area contributed by atoms with Crippen molar-refractivity contribution in [3.63, 3.8) is 0 Å². The highest BCUT2D eigenvalue weighted by molar-refractivity contribution is 6.35. The van der Waals surface area contributed by atoms with Crippen LogP contribution in [0.15, 0.2) is 72.8 Å². The van der Waals surface area contributed by atoms with Crippen molar-refractivity contribution in [2.24, 2.45) is 5.73 Å². The molecule has 0 aliphatic rings. The van der Waals surface area contributed by atoms with Crippen LogP contribution in [0.2, 0.25) is 0 Å². The molecular weight excluding hydrogens is 514 g/mol. The lowest BCUT2D eigenvalue weighted by Gasteiger charge is -2.15. The highest BCUT2D eigenvalue weighted by atomic mass is 16.5. The van der Waals surface area contributed by atoms with Crippen molar-refractivity contribution in [1.29, 1.82) is 5.41 Å². The number of aromatic nitrogens is 3. The number of hydrogen-bond acceptors (Lipinski definition) is 7. The van der Waals surface area contributed by atoms with Crippen molar-refractivity contribution < 1.29 is 14.3 Å². The van der Waals surface area contributed by atoms with Crippen molar-refractivity contribution in [3.8, 4) is 5.75 Å². The molecule has 0 aliphatic carbocycles. The maximum absolute atomic E-state index is 12.7. The first-order valence-electron chi connectivity index (χ1n) is 14.2. The summed E-state index contributed by atoms with van der Waals surface area (Å²) in [6, 6.07) is 17.5. The highest BCUT2D eigenvalue weighted by Gasteiger charge is 2.23. The third-order valence-corrected chi connectivity index (χ3v) is 7.01. The number of benzene rings is 2. The molecule has 4 rings (SSSR count). The fraction of sp³-hybridized carbons (Fsp3) is 0.333. The minimum atomic E-state index is -0.681. The number of nitrogens with one attached hydrogen (secondary N) is 1. The van der Waals surface area contributed by atoms with Crippen molar-refractivity contribution >= 4 is 28.3 Å². The highest BCUT2D eigenvalue weighted by Crippen LogP contribution is 2.28. The molecule has 0 atom stereocenters. The number of nitrogens with two attached hydrogens (primary N) is 1. The van der Waals surface area contributed by atoms with Gasteiger partial charge in [0.2, 0.25) is 0 Å². The summed E-state index contributed by atoms with van der Waals surface area (Å²) in [6.07, 6.45) is 6.70. The van der Waals surface area contributed by atoms with Gasteiger partial charge in [0.25, 0.3) is 0 Å². The van der Waals surface area contributed by atoms with Crippen LogP contribution < -0.4 is 10.5 Å². The van der Waals surface area contributed by atoms with Crippen molar-refractivity contribution in [1.82, 2.24) is 14.5 Å². The molecule has 2 aromatic carbocycles. The molecular formula is C33H39N5O3. The van der Waals surface area contributed by atoms with E-state index < -0.39 is 5.97 Å². The van der Waals surface area contributed by atoms with Gasteiger partial charge < -0.3 is 19.8 Å². The van der Waals surface area contributed by atoms with E-state index in [1.807, 2.05) is 24.4 Å². The second-order valence-electron chi connectivity index (χ2n) is 10.3. The maximum Gasteiger partial charge on any atom is 0.354 e. The summed E-state index contributed by atoms with van der Waals surface area (Å²) in [6.45, 7) is 9.65. The molecule has 3 N–H and O–H groups in total. The topological polar surface area (TPSA) is 116 Å². The summed E-state index contributed by atoms with van der Waals surface area (Å²) in [5.74, 6) is 0.459. The van der Waals surface area contributed by atoms with E-state index in [4.69, 9.17) is 20.6 Å². The lowest BCUT2D eigenvalue weighted by Crippen LogP contribution is -2.21. The average molecular weight is 554 g/mol. The fourth-order valence-electron chi connectivity index (χ4n) is 4.66. The van der Waals surface area contributed by atoms with Crippen molar-refractivity contribution in [3.05, 3.63) is 95.2 Å². The van der Waals surface area contributed by atoms with Gasteiger partial charge in [-0.2, -0.15) is 0 Å². The molecule has 41 heavy (non-hydrogen) atoms. The van der Waals surface area contributed by atoms with E-state index in [0.29, 0.717) is 29.5 Å². The van der Waals surface area contributed by atoms with Gasteiger partial charge in [0.05, 0.1) is 12.3 Å². The number of carbonyl (C=O) groups excluding carboxylic acids is 1. The zero-order chi connectivity index (χ0) is 29.4. The Bertz CT molecular complexity index is 1520. The zero-order valence-corrected chi connectivity index (χ0v) is 24.3. The third kappa shape index (κ3) is 7.01. The van der Waals surface area contributed by atoms with Gasteiger partial charge in [-0.1, -0.05) is 70.0 Å². The molecule has 2 aromatic heterocycles. The van der Waals surface area contributed by atoms with E-state index in [0.717, 1.165) is 42.4 Å². The van der Waals surface area contributed by atoms with E-state index >= 15 is 0 Å². The van der Waals surface area contributed by atoms with Gasteiger partial charge in [0.15, 0.2) is 0 Å². The van der Waals surface area contributed by atoms with Gasteiger partial charge in [-0.25, -0.2) is 14.8 Å². The molecule has 0 saturated carbocycles. The van der Waals surface area contributed by atoms with Crippen LogP contribution >= 0.6 is 0 Å². The predicted molar refractivity (Wildman–Crippen MR) is 163 cm³/mol. The molecule has 0 spiro atoms.